The zero-order valence-corrected chi connectivity index (χ0v) is 17.1. The van der Waals surface area contributed by atoms with Gasteiger partial charge < -0.3 is 24.2 Å². The average Bonchev–Trinajstić information content (AvgIpc) is 3.41. The Balaban J connectivity index is 1.64. The van der Waals surface area contributed by atoms with Crippen LogP contribution in [-0.4, -0.2) is 23.3 Å². The minimum Gasteiger partial charge on any atom is -0.484 e. The minimum absolute atomic E-state index is 0.0489. The van der Waals surface area contributed by atoms with Crippen LogP contribution in [0.5, 0.6) is 5.75 Å². The van der Waals surface area contributed by atoms with Gasteiger partial charge in [0.25, 0.3) is 11.8 Å². The molecule has 0 spiro atoms. The highest BCUT2D eigenvalue weighted by atomic mass is 19.1. The van der Waals surface area contributed by atoms with Gasteiger partial charge in [-0.3, -0.25) is 14.4 Å². The second kappa shape index (κ2) is 7.94. The molecule has 9 heteroatoms. The number of amides is 2. The molecule has 2 N–H and O–H groups in total. The molecule has 2 amide bonds. The molecule has 0 fully saturated rings. The van der Waals surface area contributed by atoms with Crippen LogP contribution in [-0.2, 0) is 11.3 Å². The number of nitrogens with two attached hydrogens (primary N) is 1. The Morgan fingerprint density at radius 2 is 1.91 bits per heavy atom. The molecule has 8 nitrogen and oxygen atoms in total. The van der Waals surface area contributed by atoms with Crippen LogP contribution >= 0.6 is 0 Å². The zero-order chi connectivity index (χ0) is 23.1. The summed E-state index contributed by atoms with van der Waals surface area (Å²) in [4.78, 5) is 39.1. The van der Waals surface area contributed by atoms with Gasteiger partial charge in [0.15, 0.2) is 12.0 Å². The van der Waals surface area contributed by atoms with Crippen LogP contribution in [0.25, 0.3) is 11.0 Å². The maximum absolute atomic E-state index is 13.9. The maximum atomic E-state index is 13.9. The number of fused-ring (bicyclic) bond motifs is 2. The van der Waals surface area contributed by atoms with E-state index in [9.17, 15) is 18.8 Å². The Bertz CT molecular complexity index is 1430. The molecule has 1 aliphatic heterocycles. The first-order chi connectivity index (χ1) is 15.9. The standard InChI is InChI=1S/C24H17FN2O6/c25-14-5-8-18-17(10-14)22(29)20-21(13-3-6-15(7-4-13)32-12-19(26)28)27(24(30)23(20)33-18)11-16-2-1-9-31-16/h1-10,21H,11-12H2,(H2,26,28)/t21-/m0/s1. The number of primary amides is 1. The van der Waals surface area contributed by atoms with Crippen molar-refractivity contribution < 1.29 is 27.6 Å². The Labute approximate surface area is 186 Å². The molecular formula is C24H17FN2O6. The van der Waals surface area contributed by atoms with E-state index in [1.54, 1.807) is 36.4 Å². The van der Waals surface area contributed by atoms with Crippen LogP contribution in [0.15, 0.2) is 74.5 Å². The van der Waals surface area contributed by atoms with Gasteiger partial charge in [-0.1, -0.05) is 12.1 Å². The fourth-order valence-corrected chi connectivity index (χ4v) is 3.97. The molecule has 0 saturated carbocycles. The highest BCUT2D eigenvalue weighted by Crippen LogP contribution is 2.39. The van der Waals surface area contributed by atoms with E-state index in [0.717, 1.165) is 6.07 Å². The molecule has 1 aliphatic rings. The van der Waals surface area contributed by atoms with Gasteiger partial charge in [-0.2, -0.15) is 0 Å². The van der Waals surface area contributed by atoms with Crippen molar-refractivity contribution in [2.24, 2.45) is 5.73 Å². The first kappa shape index (κ1) is 20.5. The van der Waals surface area contributed by atoms with Gasteiger partial charge >= 0.3 is 0 Å². The van der Waals surface area contributed by atoms with Crippen molar-refractivity contribution in [3.8, 4) is 5.75 Å². The Morgan fingerprint density at radius 1 is 1.12 bits per heavy atom. The third kappa shape index (κ3) is 3.63. The number of hydrogen-bond donors (Lipinski definition) is 1. The molecule has 0 radical (unpaired) electrons. The number of carbonyl (C=O) groups excluding carboxylic acids is 2. The van der Waals surface area contributed by atoms with E-state index in [-0.39, 0.29) is 35.4 Å². The molecule has 2 aromatic carbocycles. The van der Waals surface area contributed by atoms with E-state index in [2.05, 4.69) is 0 Å². The molecule has 3 heterocycles. The lowest BCUT2D eigenvalue weighted by molar-refractivity contribution is -0.119. The summed E-state index contributed by atoms with van der Waals surface area (Å²) in [6.45, 7) is -0.194. The van der Waals surface area contributed by atoms with Gasteiger partial charge in [0, 0.05) is 0 Å². The van der Waals surface area contributed by atoms with Gasteiger partial charge in [0.1, 0.15) is 22.9 Å². The summed E-state index contributed by atoms with van der Waals surface area (Å²) < 4.78 is 30.3. The lowest BCUT2D eigenvalue weighted by Gasteiger charge is -2.24. The van der Waals surface area contributed by atoms with E-state index in [1.807, 2.05) is 0 Å². The molecule has 1 atom stereocenters. The van der Waals surface area contributed by atoms with Crippen molar-refractivity contribution in [3.63, 3.8) is 0 Å². The number of halogens is 1. The summed E-state index contributed by atoms with van der Waals surface area (Å²) in [5, 5.41) is 0.0489. The Hall–Kier alpha value is -4.40. The van der Waals surface area contributed by atoms with Crippen molar-refractivity contribution >= 4 is 22.8 Å². The number of rotatable bonds is 6. The lowest BCUT2D eigenvalue weighted by atomic mass is 9.98. The van der Waals surface area contributed by atoms with Crippen molar-refractivity contribution in [1.82, 2.24) is 4.90 Å². The topological polar surface area (TPSA) is 116 Å². The van der Waals surface area contributed by atoms with E-state index < -0.39 is 29.1 Å². The largest absolute Gasteiger partial charge is 0.484 e. The summed E-state index contributed by atoms with van der Waals surface area (Å²) in [5.41, 5.74) is 5.47. The molecule has 166 valence electrons. The zero-order valence-electron chi connectivity index (χ0n) is 17.1. The molecule has 2 aromatic heterocycles. The number of benzene rings is 2. The van der Waals surface area contributed by atoms with Crippen LogP contribution in [0.4, 0.5) is 4.39 Å². The van der Waals surface area contributed by atoms with E-state index in [0.29, 0.717) is 17.1 Å². The number of nitrogens with zero attached hydrogens (tertiary/aromatic N) is 1. The maximum Gasteiger partial charge on any atom is 0.291 e. The third-order valence-corrected chi connectivity index (χ3v) is 5.41. The predicted octanol–water partition coefficient (Wildman–Crippen LogP) is 3.13. The van der Waals surface area contributed by atoms with Crippen LogP contribution in [0, 0.1) is 5.82 Å². The summed E-state index contributed by atoms with van der Waals surface area (Å²) in [6, 6.07) is 12.8. The van der Waals surface area contributed by atoms with Crippen LogP contribution in [0.3, 0.4) is 0 Å². The SMILES string of the molecule is NC(=O)COc1ccc([C@H]2c3c(oc4ccc(F)cc4c3=O)C(=O)N2Cc2ccco2)cc1. The molecule has 0 saturated heterocycles. The smallest absolute Gasteiger partial charge is 0.291 e. The molecule has 0 unspecified atom stereocenters. The van der Waals surface area contributed by atoms with Crippen molar-refractivity contribution in [2.75, 3.05) is 6.61 Å². The highest BCUT2D eigenvalue weighted by Gasteiger charge is 2.43. The van der Waals surface area contributed by atoms with Crippen LogP contribution in [0.2, 0.25) is 0 Å². The van der Waals surface area contributed by atoms with Gasteiger partial charge in [0.05, 0.1) is 29.8 Å². The Kier molecular flexibility index (Phi) is 4.93. The summed E-state index contributed by atoms with van der Waals surface area (Å²) in [6.07, 6.45) is 1.49. The van der Waals surface area contributed by atoms with E-state index >= 15 is 0 Å². The van der Waals surface area contributed by atoms with Crippen molar-refractivity contribution in [3.05, 3.63) is 99.5 Å². The van der Waals surface area contributed by atoms with Gasteiger partial charge in [0.2, 0.25) is 5.76 Å². The lowest BCUT2D eigenvalue weighted by Crippen LogP contribution is -2.29. The molecule has 0 aliphatic carbocycles. The first-order valence-electron chi connectivity index (χ1n) is 10.0. The molecule has 5 rings (SSSR count). The molecule has 33 heavy (non-hydrogen) atoms. The first-order valence-corrected chi connectivity index (χ1v) is 10.0. The number of furan rings is 1. The fourth-order valence-electron chi connectivity index (χ4n) is 3.97. The van der Waals surface area contributed by atoms with Crippen LogP contribution in [0.1, 0.15) is 33.5 Å². The quantitative estimate of drug-likeness (QED) is 0.485. The average molecular weight is 448 g/mol. The van der Waals surface area contributed by atoms with Crippen molar-refractivity contribution in [2.45, 2.75) is 12.6 Å². The molecule has 4 aromatic rings. The number of ether oxygens (including phenoxy) is 1. The fraction of sp³-hybridized carbons (Fsp3) is 0.125. The Morgan fingerprint density at radius 3 is 2.61 bits per heavy atom. The van der Waals surface area contributed by atoms with Crippen molar-refractivity contribution in [1.29, 1.82) is 0 Å². The monoisotopic (exact) mass is 448 g/mol. The minimum atomic E-state index is -0.799. The second-order valence-corrected chi connectivity index (χ2v) is 7.55. The second-order valence-electron chi connectivity index (χ2n) is 7.55. The molecular weight excluding hydrogens is 431 g/mol. The van der Waals surface area contributed by atoms with Gasteiger partial charge in [-0.15, -0.1) is 0 Å². The summed E-state index contributed by atoms with van der Waals surface area (Å²) >= 11 is 0. The number of hydrogen-bond acceptors (Lipinski definition) is 6. The van der Waals surface area contributed by atoms with E-state index in [1.165, 1.54) is 23.3 Å². The highest BCUT2D eigenvalue weighted by molar-refractivity contribution is 5.99. The van der Waals surface area contributed by atoms with Crippen LogP contribution < -0.4 is 15.9 Å². The molecule has 0 bridgehead atoms. The summed E-state index contributed by atoms with van der Waals surface area (Å²) in [5.74, 6) is -0.860. The summed E-state index contributed by atoms with van der Waals surface area (Å²) in [7, 11) is 0. The normalized spacial score (nSPS) is 15.1. The number of carbonyl (C=O) groups is 2. The third-order valence-electron chi connectivity index (χ3n) is 5.41. The van der Waals surface area contributed by atoms with E-state index in [4.69, 9.17) is 19.3 Å². The van der Waals surface area contributed by atoms with Gasteiger partial charge in [-0.25, -0.2) is 4.39 Å². The van der Waals surface area contributed by atoms with Gasteiger partial charge in [-0.05, 0) is 48.0 Å². The predicted molar refractivity (Wildman–Crippen MR) is 114 cm³/mol.